The minimum Gasteiger partial charge on any atom is -0.360 e. The summed E-state index contributed by atoms with van der Waals surface area (Å²) >= 11 is 0. The topological polar surface area (TPSA) is 97.1 Å². The summed E-state index contributed by atoms with van der Waals surface area (Å²) in [4.78, 5) is 32.1. The van der Waals surface area contributed by atoms with Gasteiger partial charge in [0.05, 0.1) is 12.2 Å². The van der Waals surface area contributed by atoms with Crippen molar-refractivity contribution in [3.8, 4) is 11.3 Å². The number of aromatic nitrogens is 3. The zero-order valence-electron chi connectivity index (χ0n) is 16.1. The molecule has 29 heavy (non-hydrogen) atoms. The second kappa shape index (κ2) is 7.36. The van der Waals surface area contributed by atoms with Crippen LogP contribution in [0.3, 0.4) is 0 Å². The first-order valence-electron chi connectivity index (χ1n) is 10.1. The molecule has 8 nitrogen and oxygen atoms in total. The van der Waals surface area contributed by atoms with Gasteiger partial charge in [-0.15, -0.1) is 0 Å². The molecule has 0 spiro atoms. The third kappa shape index (κ3) is 3.29. The molecule has 2 aliphatic rings. The van der Waals surface area contributed by atoms with E-state index in [1.807, 2.05) is 46.3 Å². The minimum absolute atomic E-state index is 0.0336. The van der Waals surface area contributed by atoms with Crippen LogP contribution in [0.4, 0.5) is 0 Å². The summed E-state index contributed by atoms with van der Waals surface area (Å²) in [6.07, 6.45) is 3.56. The molecular weight excluding hydrogens is 368 g/mol. The number of amides is 2. The van der Waals surface area contributed by atoms with Crippen LogP contribution < -0.4 is 5.32 Å². The molecule has 1 aromatic carbocycles. The minimum atomic E-state index is -0.0336. The molecule has 8 heteroatoms. The lowest BCUT2D eigenvalue weighted by atomic mass is 10.0. The number of rotatable bonds is 3. The van der Waals surface area contributed by atoms with Crippen molar-refractivity contribution in [1.29, 1.82) is 0 Å². The van der Waals surface area contributed by atoms with Gasteiger partial charge in [0.1, 0.15) is 5.69 Å². The van der Waals surface area contributed by atoms with Gasteiger partial charge >= 0.3 is 0 Å². The Morgan fingerprint density at radius 2 is 1.97 bits per heavy atom. The highest BCUT2D eigenvalue weighted by Crippen LogP contribution is 2.28. The van der Waals surface area contributed by atoms with Gasteiger partial charge in [-0.1, -0.05) is 18.2 Å². The Morgan fingerprint density at radius 3 is 2.79 bits per heavy atom. The van der Waals surface area contributed by atoms with Crippen molar-refractivity contribution in [1.82, 2.24) is 30.3 Å². The van der Waals surface area contributed by atoms with Crippen molar-refractivity contribution < 1.29 is 9.59 Å². The predicted molar refractivity (Wildman–Crippen MR) is 109 cm³/mol. The number of benzene rings is 1. The zero-order valence-corrected chi connectivity index (χ0v) is 16.1. The number of carbonyl (C=O) groups is 2. The fraction of sp³-hybridized carbons (Fsp3) is 0.381. The van der Waals surface area contributed by atoms with Crippen molar-refractivity contribution in [2.45, 2.75) is 18.9 Å². The van der Waals surface area contributed by atoms with Crippen LogP contribution in [-0.4, -0.2) is 75.6 Å². The smallest absolute Gasteiger partial charge is 0.271 e. The number of piperazine rings is 1. The fourth-order valence-electron chi connectivity index (χ4n) is 4.41. The summed E-state index contributed by atoms with van der Waals surface area (Å²) in [5.41, 5.74) is 3.28. The molecule has 0 atom stereocenters. The molecule has 3 aromatic rings. The van der Waals surface area contributed by atoms with E-state index in [2.05, 4.69) is 20.5 Å². The Bertz CT molecular complexity index is 1050. The van der Waals surface area contributed by atoms with E-state index in [-0.39, 0.29) is 17.9 Å². The summed E-state index contributed by atoms with van der Waals surface area (Å²) in [6.45, 7) is 3.33. The Kier molecular flexibility index (Phi) is 4.55. The molecule has 0 bridgehead atoms. The van der Waals surface area contributed by atoms with Crippen molar-refractivity contribution in [3.63, 3.8) is 0 Å². The lowest BCUT2D eigenvalue weighted by Crippen LogP contribution is -2.55. The van der Waals surface area contributed by atoms with Crippen LogP contribution in [0.5, 0.6) is 0 Å². The van der Waals surface area contributed by atoms with Crippen molar-refractivity contribution >= 4 is 22.7 Å². The van der Waals surface area contributed by atoms with E-state index in [1.165, 1.54) is 0 Å². The standard InChI is InChI=1S/C21H24N6O2/c28-20-13-22-7-10-27(20)14-5-8-26(9-6-14)21(29)19-11-18(24-25-19)16-12-23-17-4-2-1-3-15(16)17/h1-4,11-12,14,22-23H,5-10,13H2,(H,24,25). The first-order valence-corrected chi connectivity index (χ1v) is 10.1. The second-order valence-corrected chi connectivity index (χ2v) is 7.70. The first-order chi connectivity index (χ1) is 14.2. The Hall–Kier alpha value is -3.13. The Balaban J connectivity index is 1.27. The van der Waals surface area contributed by atoms with E-state index in [4.69, 9.17) is 0 Å². The van der Waals surface area contributed by atoms with Gasteiger partial charge in [-0.2, -0.15) is 5.10 Å². The number of carbonyl (C=O) groups excluding carboxylic acids is 2. The van der Waals surface area contributed by atoms with Crippen LogP contribution in [0.15, 0.2) is 36.5 Å². The van der Waals surface area contributed by atoms with Gasteiger partial charge in [0, 0.05) is 54.9 Å². The van der Waals surface area contributed by atoms with E-state index in [0.717, 1.165) is 48.1 Å². The summed E-state index contributed by atoms with van der Waals surface area (Å²) in [6, 6.07) is 10.1. The van der Waals surface area contributed by atoms with Crippen LogP contribution in [0.1, 0.15) is 23.3 Å². The quantitative estimate of drug-likeness (QED) is 0.631. The molecule has 0 saturated carbocycles. The van der Waals surface area contributed by atoms with Crippen molar-refractivity contribution in [2.75, 3.05) is 32.7 Å². The van der Waals surface area contributed by atoms with Crippen molar-refractivity contribution in [3.05, 3.63) is 42.2 Å². The molecule has 0 aliphatic carbocycles. The maximum Gasteiger partial charge on any atom is 0.271 e. The van der Waals surface area contributed by atoms with Crippen LogP contribution in [0.25, 0.3) is 22.2 Å². The number of fused-ring (bicyclic) bond motifs is 1. The maximum atomic E-state index is 12.9. The molecule has 2 aromatic heterocycles. The van der Waals surface area contributed by atoms with Gasteiger partial charge in [-0.25, -0.2) is 0 Å². The lowest BCUT2D eigenvalue weighted by Gasteiger charge is -2.40. The molecular formula is C21H24N6O2. The van der Waals surface area contributed by atoms with Crippen LogP contribution >= 0.6 is 0 Å². The summed E-state index contributed by atoms with van der Waals surface area (Å²) in [7, 11) is 0. The molecule has 4 heterocycles. The molecule has 2 amide bonds. The molecule has 150 valence electrons. The van der Waals surface area contributed by atoms with Gasteiger partial charge in [0.25, 0.3) is 5.91 Å². The van der Waals surface area contributed by atoms with Crippen LogP contribution in [-0.2, 0) is 4.79 Å². The number of aromatic amines is 2. The van der Waals surface area contributed by atoms with Gasteiger partial charge in [-0.05, 0) is 25.0 Å². The highest BCUT2D eigenvalue weighted by molar-refractivity contribution is 5.97. The number of H-pyrrole nitrogens is 2. The van der Waals surface area contributed by atoms with E-state index in [0.29, 0.717) is 25.3 Å². The van der Waals surface area contributed by atoms with Gasteiger partial charge in [0.2, 0.25) is 5.91 Å². The van der Waals surface area contributed by atoms with E-state index < -0.39 is 0 Å². The predicted octanol–water partition coefficient (Wildman–Crippen LogP) is 1.59. The maximum absolute atomic E-state index is 12.9. The molecule has 0 radical (unpaired) electrons. The fourth-order valence-corrected chi connectivity index (χ4v) is 4.41. The Labute approximate surface area is 168 Å². The molecule has 2 fully saturated rings. The van der Waals surface area contributed by atoms with Crippen LogP contribution in [0, 0.1) is 0 Å². The summed E-state index contributed by atoms with van der Waals surface area (Å²) < 4.78 is 0. The molecule has 5 rings (SSSR count). The molecule has 3 N–H and O–H groups in total. The molecule has 2 saturated heterocycles. The number of nitrogens with one attached hydrogen (secondary N) is 3. The largest absolute Gasteiger partial charge is 0.360 e. The third-order valence-electron chi connectivity index (χ3n) is 5.99. The summed E-state index contributed by atoms with van der Waals surface area (Å²) in [5, 5.41) is 11.5. The number of nitrogens with zero attached hydrogens (tertiary/aromatic N) is 3. The number of hydrogen-bond acceptors (Lipinski definition) is 4. The number of likely N-dealkylation sites (tertiary alicyclic amines) is 1. The highest BCUT2D eigenvalue weighted by atomic mass is 16.2. The SMILES string of the molecule is O=C(c1cc(-c2c[nH]c3ccccc23)n[nH]1)N1CCC(N2CCNCC2=O)CC1. The van der Waals surface area contributed by atoms with E-state index >= 15 is 0 Å². The zero-order chi connectivity index (χ0) is 19.8. The van der Waals surface area contributed by atoms with Gasteiger partial charge in [-0.3, -0.25) is 14.7 Å². The Morgan fingerprint density at radius 1 is 1.14 bits per heavy atom. The normalized spacial score (nSPS) is 18.6. The highest BCUT2D eigenvalue weighted by Gasteiger charge is 2.31. The van der Waals surface area contributed by atoms with Crippen LogP contribution in [0.2, 0.25) is 0 Å². The van der Waals surface area contributed by atoms with E-state index in [1.54, 1.807) is 0 Å². The summed E-state index contributed by atoms with van der Waals surface area (Å²) in [5.74, 6) is 0.131. The van der Waals surface area contributed by atoms with Gasteiger partial charge in [0.15, 0.2) is 0 Å². The number of hydrogen-bond donors (Lipinski definition) is 3. The van der Waals surface area contributed by atoms with Crippen molar-refractivity contribution in [2.24, 2.45) is 0 Å². The lowest BCUT2D eigenvalue weighted by molar-refractivity contribution is -0.135. The second-order valence-electron chi connectivity index (χ2n) is 7.70. The average Bonchev–Trinajstić information content (AvgIpc) is 3.41. The third-order valence-corrected chi connectivity index (χ3v) is 5.99. The van der Waals surface area contributed by atoms with E-state index in [9.17, 15) is 9.59 Å². The first kappa shape index (κ1) is 17.9. The molecule has 0 unspecified atom stereocenters. The molecule has 2 aliphatic heterocycles. The van der Waals surface area contributed by atoms with Gasteiger partial charge < -0.3 is 20.1 Å². The monoisotopic (exact) mass is 392 g/mol. The average molecular weight is 392 g/mol. The number of para-hydroxylation sites is 1. The number of piperidine rings is 1.